The molecule has 0 aromatic heterocycles. The van der Waals surface area contributed by atoms with Crippen LogP contribution in [0.25, 0.3) is 0 Å². The number of ether oxygens (including phenoxy) is 1. The SMILES string of the molecule is Cc1cc(N)cc2c1OCC(C)(C)C(=O)N2C. The summed E-state index contributed by atoms with van der Waals surface area (Å²) in [7, 11) is 1.76. The Morgan fingerprint density at radius 2 is 2.06 bits per heavy atom. The molecule has 1 aromatic carbocycles. The van der Waals surface area contributed by atoms with Crippen molar-refractivity contribution in [2.24, 2.45) is 5.41 Å². The molecule has 0 radical (unpaired) electrons. The third-order valence-electron chi connectivity index (χ3n) is 3.10. The smallest absolute Gasteiger partial charge is 0.235 e. The van der Waals surface area contributed by atoms with E-state index in [0.29, 0.717) is 12.3 Å². The number of carbonyl (C=O) groups excluding carboxylic acids is 1. The van der Waals surface area contributed by atoms with Gasteiger partial charge in [0, 0.05) is 12.7 Å². The number of hydrogen-bond acceptors (Lipinski definition) is 3. The van der Waals surface area contributed by atoms with Crippen LogP contribution >= 0.6 is 0 Å². The Kier molecular flexibility index (Phi) is 2.53. The molecule has 1 amide bonds. The molecule has 0 fully saturated rings. The molecule has 0 bridgehead atoms. The van der Waals surface area contributed by atoms with Crippen LogP contribution in [-0.2, 0) is 4.79 Å². The van der Waals surface area contributed by atoms with Gasteiger partial charge in [-0.25, -0.2) is 0 Å². The van der Waals surface area contributed by atoms with Crippen molar-refractivity contribution in [2.45, 2.75) is 20.8 Å². The molecule has 1 heterocycles. The summed E-state index contributed by atoms with van der Waals surface area (Å²) in [5.41, 5.74) is 7.64. The number of anilines is 2. The van der Waals surface area contributed by atoms with Crippen molar-refractivity contribution in [3.63, 3.8) is 0 Å². The van der Waals surface area contributed by atoms with Crippen LogP contribution in [0.15, 0.2) is 12.1 Å². The van der Waals surface area contributed by atoms with Gasteiger partial charge in [-0.15, -0.1) is 0 Å². The summed E-state index contributed by atoms with van der Waals surface area (Å²) in [4.78, 5) is 13.9. The van der Waals surface area contributed by atoms with Crippen LogP contribution in [0, 0.1) is 12.3 Å². The van der Waals surface area contributed by atoms with Gasteiger partial charge in [0.1, 0.15) is 12.4 Å². The molecule has 0 unspecified atom stereocenters. The Labute approximate surface area is 101 Å². The predicted octanol–water partition coefficient (Wildman–Crippen LogP) is 1.96. The predicted molar refractivity (Wildman–Crippen MR) is 68.3 cm³/mol. The normalized spacial score (nSPS) is 18.4. The first-order valence-corrected chi connectivity index (χ1v) is 5.64. The number of aryl methyl sites for hydroxylation is 1. The molecule has 1 aliphatic rings. The molecule has 0 aliphatic carbocycles. The van der Waals surface area contributed by atoms with Crippen LogP contribution in [0.5, 0.6) is 5.75 Å². The van der Waals surface area contributed by atoms with Crippen molar-refractivity contribution >= 4 is 17.3 Å². The van der Waals surface area contributed by atoms with Gasteiger partial charge >= 0.3 is 0 Å². The third-order valence-corrected chi connectivity index (χ3v) is 3.10. The summed E-state index contributed by atoms with van der Waals surface area (Å²) >= 11 is 0. The monoisotopic (exact) mass is 234 g/mol. The summed E-state index contributed by atoms with van der Waals surface area (Å²) < 4.78 is 5.77. The van der Waals surface area contributed by atoms with Crippen LogP contribution in [-0.4, -0.2) is 19.6 Å². The van der Waals surface area contributed by atoms with E-state index in [2.05, 4.69) is 0 Å². The molecule has 4 heteroatoms. The van der Waals surface area contributed by atoms with Crippen LogP contribution in [0.2, 0.25) is 0 Å². The van der Waals surface area contributed by atoms with E-state index < -0.39 is 5.41 Å². The fraction of sp³-hybridized carbons (Fsp3) is 0.462. The highest BCUT2D eigenvalue weighted by atomic mass is 16.5. The maximum absolute atomic E-state index is 12.3. The molecule has 2 rings (SSSR count). The fourth-order valence-corrected chi connectivity index (χ4v) is 2.10. The molecule has 1 aromatic rings. The first-order chi connectivity index (χ1) is 7.83. The van der Waals surface area contributed by atoms with E-state index in [0.717, 1.165) is 17.0 Å². The fourth-order valence-electron chi connectivity index (χ4n) is 2.10. The number of rotatable bonds is 0. The highest BCUT2D eigenvalue weighted by molar-refractivity contribution is 5.99. The Morgan fingerprint density at radius 1 is 1.41 bits per heavy atom. The van der Waals surface area contributed by atoms with Crippen molar-refractivity contribution in [1.29, 1.82) is 0 Å². The van der Waals surface area contributed by atoms with Crippen LogP contribution < -0.4 is 15.4 Å². The summed E-state index contributed by atoms with van der Waals surface area (Å²) in [6.07, 6.45) is 0. The maximum Gasteiger partial charge on any atom is 0.235 e. The Morgan fingerprint density at radius 3 is 2.71 bits per heavy atom. The standard InChI is InChI=1S/C13H18N2O2/c1-8-5-9(14)6-10-11(8)17-7-13(2,3)12(16)15(10)4/h5-6H,7,14H2,1-4H3. The van der Waals surface area contributed by atoms with Crippen molar-refractivity contribution in [3.05, 3.63) is 17.7 Å². The van der Waals surface area contributed by atoms with E-state index in [9.17, 15) is 4.79 Å². The zero-order valence-corrected chi connectivity index (χ0v) is 10.7. The molecule has 92 valence electrons. The molecule has 0 saturated heterocycles. The Bertz CT molecular complexity index is 481. The largest absolute Gasteiger partial charge is 0.490 e. The van der Waals surface area contributed by atoms with Crippen LogP contribution in [0.4, 0.5) is 11.4 Å². The molecule has 0 spiro atoms. The number of nitrogens with two attached hydrogens (primary N) is 1. The van der Waals surface area contributed by atoms with Gasteiger partial charge in [-0.2, -0.15) is 0 Å². The van der Waals surface area contributed by atoms with E-state index in [1.54, 1.807) is 18.0 Å². The lowest BCUT2D eigenvalue weighted by Crippen LogP contribution is -2.39. The van der Waals surface area contributed by atoms with Crippen LogP contribution in [0.1, 0.15) is 19.4 Å². The highest BCUT2D eigenvalue weighted by Gasteiger charge is 2.36. The minimum Gasteiger partial charge on any atom is -0.490 e. The molecular weight excluding hydrogens is 216 g/mol. The van der Waals surface area contributed by atoms with Crippen molar-refractivity contribution < 1.29 is 9.53 Å². The van der Waals surface area contributed by atoms with E-state index in [1.165, 1.54) is 0 Å². The quantitative estimate of drug-likeness (QED) is 0.698. The van der Waals surface area contributed by atoms with Crippen LogP contribution in [0.3, 0.4) is 0 Å². The average Bonchev–Trinajstić information content (AvgIpc) is 2.31. The summed E-state index contributed by atoms with van der Waals surface area (Å²) in [5.74, 6) is 0.793. The summed E-state index contributed by atoms with van der Waals surface area (Å²) in [6, 6.07) is 3.64. The number of fused-ring (bicyclic) bond motifs is 1. The van der Waals surface area contributed by atoms with Crippen molar-refractivity contribution in [2.75, 3.05) is 24.3 Å². The molecule has 0 atom stereocenters. The topological polar surface area (TPSA) is 55.6 Å². The lowest BCUT2D eigenvalue weighted by atomic mass is 9.93. The number of nitrogen functional groups attached to an aromatic ring is 1. The van der Waals surface area contributed by atoms with Crippen molar-refractivity contribution in [1.82, 2.24) is 0 Å². The highest BCUT2D eigenvalue weighted by Crippen LogP contribution is 2.39. The van der Waals surface area contributed by atoms with Crippen molar-refractivity contribution in [3.8, 4) is 5.75 Å². The van der Waals surface area contributed by atoms with E-state index in [1.807, 2.05) is 26.8 Å². The van der Waals surface area contributed by atoms with Gasteiger partial charge in [-0.05, 0) is 38.5 Å². The molecule has 2 N–H and O–H groups in total. The third kappa shape index (κ3) is 1.84. The van der Waals surface area contributed by atoms with Gasteiger partial charge in [-0.1, -0.05) is 0 Å². The number of carbonyl (C=O) groups is 1. The molecular formula is C13H18N2O2. The minimum absolute atomic E-state index is 0.0428. The lowest BCUT2D eigenvalue weighted by Gasteiger charge is -2.24. The van der Waals surface area contributed by atoms with Gasteiger partial charge < -0.3 is 15.4 Å². The Balaban J connectivity index is 2.59. The maximum atomic E-state index is 12.3. The van der Waals surface area contributed by atoms with E-state index >= 15 is 0 Å². The van der Waals surface area contributed by atoms with E-state index in [-0.39, 0.29) is 5.91 Å². The zero-order chi connectivity index (χ0) is 12.8. The second kappa shape index (κ2) is 3.65. The van der Waals surface area contributed by atoms with Gasteiger partial charge in [0.25, 0.3) is 0 Å². The first kappa shape index (κ1) is 11.8. The molecule has 17 heavy (non-hydrogen) atoms. The molecule has 4 nitrogen and oxygen atoms in total. The second-order valence-electron chi connectivity index (χ2n) is 5.22. The zero-order valence-electron chi connectivity index (χ0n) is 10.7. The summed E-state index contributed by atoms with van der Waals surface area (Å²) in [6.45, 7) is 6.09. The van der Waals surface area contributed by atoms with Gasteiger partial charge in [0.2, 0.25) is 5.91 Å². The van der Waals surface area contributed by atoms with Gasteiger partial charge in [-0.3, -0.25) is 4.79 Å². The number of hydrogen-bond donors (Lipinski definition) is 1. The molecule has 1 aliphatic heterocycles. The summed E-state index contributed by atoms with van der Waals surface area (Å²) in [5, 5.41) is 0. The minimum atomic E-state index is -0.519. The molecule has 0 saturated carbocycles. The Hall–Kier alpha value is -1.71. The first-order valence-electron chi connectivity index (χ1n) is 5.64. The number of benzene rings is 1. The second-order valence-corrected chi connectivity index (χ2v) is 5.22. The lowest BCUT2D eigenvalue weighted by molar-refractivity contribution is -0.127. The average molecular weight is 234 g/mol. The van der Waals surface area contributed by atoms with Gasteiger partial charge in [0.05, 0.1) is 11.1 Å². The van der Waals surface area contributed by atoms with E-state index in [4.69, 9.17) is 10.5 Å². The van der Waals surface area contributed by atoms with Gasteiger partial charge in [0.15, 0.2) is 0 Å². The number of nitrogens with zero attached hydrogens (tertiary/aromatic N) is 1. The number of amides is 1.